The van der Waals surface area contributed by atoms with Crippen molar-refractivity contribution in [2.24, 2.45) is 11.8 Å². The van der Waals surface area contributed by atoms with E-state index in [1.807, 2.05) is 0 Å². The number of likely N-dealkylation sites (tertiary alicyclic amines) is 1. The first-order valence-corrected chi connectivity index (χ1v) is 8.48. The van der Waals surface area contributed by atoms with E-state index in [2.05, 4.69) is 23.8 Å². The summed E-state index contributed by atoms with van der Waals surface area (Å²) in [5.74, 6) is 3.27. The molecule has 0 saturated carbocycles. The summed E-state index contributed by atoms with van der Waals surface area (Å²) in [4.78, 5) is 21.5. The molecular formula is C18H26N3O3+. The number of methoxy groups -OCH3 is 2. The number of H-pyrrole nitrogens is 1. The van der Waals surface area contributed by atoms with Crippen molar-refractivity contribution < 1.29 is 14.4 Å². The molecule has 130 valence electrons. The maximum Gasteiger partial charge on any atom is 0.259 e. The van der Waals surface area contributed by atoms with Gasteiger partial charge >= 0.3 is 0 Å². The summed E-state index contributed by atoms with van der Waals surface area (Å²) in [5.41, 5.74) is 0.511. The Bertz CT molecular complexity index is 777. The largest absolute Gasteiger partial charge is 0.493 e. The molecule has 1 saturated heterocycles. The quantitative estimate of drug-likeness (QED) is 0.876. The van der Waals surface area contributed by atoms with Gasteiger partial charge in [-0.2, -0.15) is 0 Å². The first kappa shape index (κ1) is 16.8. The van der Waals surface area contributed by atoms with Gasteiger partial charge in [-0.1, -0.05) is 13.8 Å². The highest BCUT2D eigenvalue weighted by Crippen LogP contribution is 2.29. The van der Waals surface area contributed by atoms with E-state index in [0.29, 0.717) is 34.2 Å². The monoisotopic (exact) mass is 332 g/mol. The molecule has 0 amide bonds. The fourth-order valence-corrected chi connectivity index (χ4v) is 3.90. The Hall–Kier alpha value is -2.08. The summed E-state index contributed by atoms with van der Waals surface area (Å²) in [6.07, 6.45) is 1.28. The average molecular weight is 332 g/mol. The van der Waals surface area contributed by atoms with E-state index in [9.17, 15) is 4.79 Å². The Morgan fingerprint density at radius 3 is 2.42 bits per heavy atom. The molecule has 0 aliphatic carbocycles. The van der Waals surface area contributed by atoms with E-state index in [-0.39, 0.29) is 5.56 Å². The highest BCUT2D eigenvalue weighted by atomic mass is 16.5. The van der Waals surface area contributed by atoms with Crippen LogP contribution in [0.4, 0.5) is 0 Å². The van der Waals surface area contributed by atoms with Crippen molar-refractivity contribution in [3.63, 3.8) is 0 Å². The van der Waals surface area contributed by atoms with Crippen LogP contribution in [0.25, 0.3) is 10.9 Å². The third kappa shape index (κ3) is 3.38. The van der Waals surface area contributed by atoms with Gasteiger partial charge < -0.3 is 19.4 Å². The second kappa shape index (κ2) is 6.81. The fourth-order valence-electron chi connectivity index (χ4n) is 3.90. The Labute approximate surface area is 141 Å². The molecule has 24 heavy (non-hydrogen) atoms. The van der Waals surface area contributed by atoms with Gasteiger partial charge in [-0.25, -0.2) is 4.98 Å². The molecule has 1 aromatic heterocycles. The Morgan fingerprint density at radius 2 is 1.79 bits per heavy atom. The van der Waals surface area contributed by atoms with Crippen LogP contribution in [0.15, 0.2) is 16.9 Å². The molecule has 3 rings (SSSR count). The van der Waals surface area contributed by atoms with Gasteiger partial charge in [0.25, 0.3) is 5.56 Å². The van der Waals surface area contributed by atoms with Crippen LogP contribution >= 0.6 is 0 Å². The second-order valence-corrected chi connectivity index (χ2v) is 7.02. The SMILES string of the molecule is COc1cc2nc(C[NH+]3C[C@@H](C)C[C@H](C)C3)[nH]c(=O)c2cc1OC. The lowest BCUT2D eigenvalue weighted by atomic mass is 9.92. The van der Waals surface area contributed by atoms with Crippen LogP contribution in [0.2, 0.25) is 0 Å². The molecule has 0 unspecified atom stereocenters. The van der Waals surface area contributed by atoms with E-state index >= 15 is 0 Å². The van der Waals surface area contributed by atoms with Gasteiger partial charge in [0.15, 0.2) is 17.3 Å². The van der Waals surface area contributed by atoms with Gasteiger partial charge in [0.1, 0.15) is 6.54 Å². The summed E-state index contributed by atoms with van der Waals surface area (Å²) in [6.45, 7) is 7.58. The summed E-state index contributed by atoms with van der Waals surface area (Å²) >= 11 is 0. The lowest BCUT2D eigenvalue weighted by Crippen LogP contribution is -3.13. The number of hydrogen-bond donors (Lipinski definition) is 2. The summed E-state index contributed by atoms with van der Waals surface area (Å²) in [5, 5.41) is 0.520. The van der Waals surface area contributed by atoms with Crippen molar-refractivity contribution >= 4 is 10.9 Å². The zero-order valence-electron chi connectivity index (χ0n) is 14.8. The van der Waals surface area contributed by atoms with Crippen molar-refractivity contribution in [3.05, 3.63) is 28.3 Å². The van der Waals surface area contributed by atoms with Crippen molar-refractivity contribution in [1.82, 2.24) is 9.97 Å². The lowest BCUT2D eigenvalue weighted by Gasteiger charge is -2.31. The zero-order valence-corrected chi connectivity index (χ0v) is 14.8. The van der Waals surface area contributed by atoms with Crippen molar-refractivity contribution in [3.8, 4) is 11.5 Å². The Kier molecular flexibility index (Phi) is 4.76. The minimum absolute atomic E-state index is 0.131. The number of hydrogen-bond acceptors (Lipinski definition) is 4. The molecule has 6 heteroatoms. The van der Waals surface area contributed by atoms with Crippen molar-refractivity contribution in [2.75, 3.05) is 27.3 Å². The molecule has 1 aromatic carbocycles. The second-order valence-electron chi connectivity index (χ2n) is 7.02. The number of aromatic amines is 1. The molecule has 2 atom stereocenters. The van der Waals surface area contributed by atoms with Crippen LogP contribution in [0, 0.1) is 11.8 Å². The Morgan fingerprint density at radius 1 is 1.17 bits per heavy atom. The zero-order chi connectivity index (χ0) is 17.3. The molecule has 1 aliphatic heterocycles. The third-order valence-corrected chi connectivity index (χ3v) is 4.76. The van der Waals surface area contributed by atoms with E-state index in [1.165, 1.54) is 11.3 Å². The fraction of sp³-hybridized carbons (Fsp3) is 0.556. The molecule has 2 heterocycles. The third-order valence-electron chi connectivity index (χ3n) is 4.76. The first-order valence-electron chi connectivity index (χ1n) is 8.48. The van der Waals surface area contributed by atoms with Gasteiger partial charge in [0.05, 0.1) is 38.2 Å². The van der Waals surface area contributed by atoms with Crippen LogP contribution in [0.3, 0.4) is 0 Å². The predicted octanol–water partition coefficient (Wildman–Crippen LogP) is 1.00. The molecule has 6 nitrogen and oxygen atoms in total. The number of nitrogens with zero attached hydrogens (tertiary/aromatic N) is 1. The van der Waals surface area contributed by atoms with Crippen LogP contribution in [-0.2, 0) is 6.54 Å². The minimum atomic E-state index is -0.131. The molecule has 0 radical (unpaired) electrons. The lowest BCUT2D eigenvalue weighted by molar-refractivity contribution is -0.926. The van der Waals surface area contributed by atoms with Crippen molar-refractivity contribution in [1.29, 1.82) is 0 Å². The number of ether oxygens (including phenoxy) is 2. The molecular weight excluding hydrogens is 306 g/mol. The number of piperidine rings is 1. The van der Waals surface area contributed by atoms with Crippen LogP contribution in [0.1, 0.15) is 26.1 Å². The van der Waals surface area contributed by atoms with Gasteiger partial charge in [-0.3, -0.25) is 4.79 Å². The number of quaternary nitrogens is 1. The van der Waals surface area contributed by atoms with E-state index < -0.39 is 0 Å². The average Bonchev–Trinajstić information content (AvgIpc) is 2.52. The first-order chi connectivity index (χ1) is 11.5. The smallest absolute Gasteiger partial charge is 0.259 e. The van der Waals surface area contributed by atoms with E-state index in [4.69, 9.17) is 9.47 Å². The topological polar surface area (TPSA) is 68.7 Å². The number of nitrogens with one attached hydrogen (secondary N) is 2. The maximum absolute atomic E-state index is 12.4. The minimum Gasteiger partial charge on any atom is -0.493 e. The highest BCUT2D eigenvalue weighted by molar-refractivity contribution is 5.81. The van der Waals surface area contributed by atoms with Gasteiger partial charge in [-0.15, -0.1) is 0 Å². The molecule has 2 aromatic rings. The molecule has 0 spiro atoms. The van der Waals surface area contributed by atoms with Crippen molar-refractivity contribution in [2.45, 2.75) is 26.8 Å². The number of benzene rings is 1. The summed E-state index contributed by atoms with van der Waals surface area (Å²) in [7, 11) is 3.14. The molecule has 2 N–H and O–H groups in total. The maximum atomic E-state index is 12.4. The number of aromatic nitrogens is 2. The molecule has 1 aliphatic rings. The highest BCUT2D eigenvalue weighted by Gasteiger charge is 2.26. The van der Waals surface area contributed by atoms with Gasteiger partial charge in [-0.05, 0) is 12.5 Å². The van der Waals surface area contributed by atoms with E-state index in [0.717, 1.165) is 25.5 Å². The number of rotatable bonds is 4. The molecule has 0 bridgehead atoms. The van der Waals surface area contributed by atoms with Crippen LogP contribution < -0.4 is 19.9 Å². The molecule has 1 fully saturated rings. The van der Waals surface area contributed by atoms with Crippen LogP contribution in [0.5, 0.6) is 11.5 Å². The number of fused-ring (bicyclic) bond motifs is 1. The standard InChI is InChI=1S/C18H25N3O3/c1-11-5-12(2)9-21(8-11)10-17-19-14-7-16(24-4)15(23-3)6-13(14)18(22)20-17/h6-7,11-12H,5,8-10H2,1-4H3,(H,19,20,22)/p+1/t11-,12-/m0/s1. The predicted molar refractivity (Wildman–Crippen MR) is 92.8 cm³/mol. The van der Waals surface area contributed by atoms with Gasteiger partial charge in [0, 0.05) is 17.9 Å². The van der Waals surface area contributed by atoms with Crippen LogP contribution in [-0.4, -0.2) is 37.3 Å². The summed E-state index contributed by atoms with van der Waals surface area (Å²) in [6, 6.07) is 3.45. The summed E-state index contributed by atoms with van der Waals surface area (Å²) < 4.78 is 10.6. The van der Waals surface area contributed by atoms with Gasteiger partial charge in [0.2, 0.25) is 0 Å². The Balaban J connectivity index is 1.93. The normalized spacial score (nSPS) is 24.1. The van der Waals surface area contributed by atoms with E-state index in [1.54, 1.807) is 26.4 Å².